The molecule has 1 aromatic carbocycles. The Labute approximate surface area is 143 Å². The lowest BCUT2D eigenvalue weighted by Crippen LogP contribution is -2.15. The van der Waals surface area contributed by atoms with Crippen LogP contribution in [-0.4, -0.2) is 36.7 Å². The Kier molecular flexibility index (Phi) is 2.90. The van der Waals surface area contributed by atoms with Crippen LogP contribution in [0.4, 0.5) is 5.82 Å². The molecule has 7 heteroatoms. The van der Waals surface area contributed by atoms with Crippen molar-refractivity contribution in [1.82, 2.24) is 25.0 Å². The summed E-state index contributed by atoms with van der Waals surface area (Å²) in [5.41, 5.74) is 9.78. The summed E-state index contributed by atoms with van der Waals surface area (Å²) in [5, 5.41) is 23.1. The van der Waals surface area contributed by atoms with Crippen molar-refractivity contribution >= 4 is 27.6 Å². The first-order valence-corrected chi connectivity index (χ1v) is 8.34. The zero-order valence-corrected chi connectivity index (χ0v) is 13.6. The van der Waals surface area contributed by atoms with E-state index >= 15 is 0 Å². The zero-order valence-electron chi connectivity index (χ0n) is 13.6. The summed E-state index contributed by atoms with van der Waals surface area (Å²) in [5.74, 6) is 0.476. The predicted octanol–water partition coefficient (Wildman–Crippen LogP) is 2.33. The maximum atomic E-state index is 9.55. The summed E-state index contributed by atoms with van der Waals surface area (Å²) < 4.78 is 1.90. The number of nitrogens with two attached hydrogens (primary N) is 1. The van der Waals surface area contributed by atoms with E-state index in [-0.39, 0.29) is 12.0 Å². The first-order valence-electron chi connectivity index (χ1n) is 8.34. The van der Waals surface area contributed by atoms with Gasteiger partial charge in [0.05, 0.1) is 23.2 Å². The second-order valence-corrected chi connectivity index (χ2v) is 6.95. The lowest BCUT2D eigenvalue weighted by atomic mass is 10.1. The van der Waals surface area contributed by atoms with Gasteiger partial charge in [-0.3, -0.25) is 9.78 Å². The van der Waals surface area contributed by atoms with Crippen LogP contribution in [0.15, 0.2) is 36.7 Å². The number of hydrogen-bond acceptors (Lipinski definition) is 5. The van der Waals surface area contributed by atoms with Gasteiger partial charge >= 0.3 is 0 Å². The van der Waals surface area contributed by atoms with Crippen molar-refractivity contribution < 1.29 is 5.11 Å². The average Bonchev–Trinajstić information content (AvgIpc) is 3.01. The van der Waals surface area contributed by atoms with Crippen LogP contribution >= 0.6 is 0 Å². The highest BCUT2D eigenvalue weighted by molar-refractivity contribution is 6.08. The molecule has 126 valence electrons. The second kappa shape index (κ2) is 5.03. The Morgan fingerprint density at radius 3 is 2.84 bits per heavy atom. The average molecular weight is 334 g/mol. The number of pyridine rings is 1. The summed E-state index contributed by atoms with van der Waals surface area (Å²) in [7, 11) is 0. The quantitative estimate of drug-likeness (QED) is 0.531. The molecule has 1 aliphatic carbocycles. The fourth-order valence-electron chi connectivity index (χ4n) is 3.37. The van der Waals surface area contributed by atoms with Gasteiger partial charge in [0.1, 0.15) is 11.3 Å². The van der Waals surface area contributed by atoms with Gasteiger partial charge in [-0.05, 0) is 31.0 Å². The monoisotopic (exact) mass is 334 g/mol. The van der Waals surface area contributed by atoms with E-state index in [0.717, 1.165) is 45.9 Å². The maximum absolute atomic E-state index is 9.55. The van der Waals surface area contributed by atoms with Crippen LogP contribution in [0.5, 0.6) is 0 Å². The Balaban J connectivity index is 1.65. The molecule has 4 aromatic rings. The third-order valence-electron chi connectivity index (χ3n) is 5.13. The molecule has 0 amide bonds. The van der Waals surface area contributed by atoms with Gasteiger partial charge in [0.2, 0.25) is 0 Å². The highest BCUT2D eigenvalue weighted by Gasteiger charge is 2.42. The van der Waals surface area contributed by atoms with Crippen molar-refractivity contribution in [1.29, 1.82) is 0 Å². The number of nitrogen functional groups attached to an aromatic ring is 1. The van der Waals surface area contributed by atoms with E-state index < -0.39 is 0 Å². The molecule has 0 aliphatic heterocycles. The van der Waals surface area contributed by atoms with Crippen molar-refractivity contribution in [3.63, 3.8) is 0 Å². The molecule has 1 aliphatic rings. The molecule has 1 saturated carbocycles. The molecule has 4 N–H and O–H groups in total. The number of hydrogen-bond donors (Lipinski definition) is 3. The number of aliphatic hydroxyl groups excluding tert-OH is 1. The molecule has 0 radical (unpaired) electrons. The molecule has 0 atom stereocenters. The number of nitrogens with zero attached hydrogens (tertiary/aromatic N) is 4. The number of anilines is 1. The van der Waals surface area contributed by atoms with Gasteiger partial charge in [0.15, 0.2) is 0 Å². The fourth-order valence-corrected chi connectivity index (χ4v) is 3.37. The van der Waals surface area contributed by atoms with Gasteiger partial charge in [0.25, 0.3) is 0 Å². The first kappa shape index (κ1) is 14.4. The van der Waals surface area contributed by atoms with E-state index in [9.17, 15) is 5.11 Å². The first-order chi connectivity index (χ1) is 12.2. The van der Waals surface area contributed by atoms with Gasteiger partial charge < -0.3 is 10.8 Å². The van der Waals surface area contributed by atoms with E-state index in [2.05, 4.69) is 15.2 Å². The summed E-state index contributed by atoms with van der Waals surface area (Å²) in [4.78, 5) is 4.56. The number of aliphatic hydroxyl groups is 1. The molecule has 1 fully saturated rings. The van der Waals surface area contributed by atoms with Crippen molar-refractivity contribution in [2.24, 2.45) is 5.41 Å². The van der Waals surface area contributed by atoms with Crippen LogP contribution in [-0.2, 0) is 6.54 Å². The standard InChI is InChI=1S/C18H18N6O/c19-17-13-8-24(9-18(10-25)4-5-18)23-16(13)12-2-1-11(7-15(12)21-17)14-3-6-20-22-14/h1-3,6-8,25H,4-5,9-10H2,(H2,19,21)(H,20,22). The number of rotatable bonds is 4. The molecular formula is C18H18N6O. The minimum absolute atomic E-state index is 0.00613. The van der Waals surface area contributed by atoms with Crippen LogP contribution < -0.4 is 5.73 Å². The maximum Gasteiger partial charge on any atom is 0.135 e. The number of benzene rings is 1. The van der Waals surface area contributed by atoms with Gasteiger partial charge in [-0.2, -0.15) is 10.2 Å². The van der Waals surface area contributed by atoms with E-state index in [1.165, 1.54) is 0 Å². The zero-order chi connectivity index (χ0) is 17.0. The Morgan fingerprint density at radius 1 is 1.24 bits per heavy atom. The van der Waals surface area contributed by atoms with Gasteiger partial charge in [-0.25, -0.2) is 4.98 Å². The fraction of sp³-hybridized carbons (Fsp3) is 0.278. The van der Waals surface area contributed by atoms with Crippen LogP contribution in [0.1, 0.15) is 12.8 Å². The van der Waals surface area contributed by atoms with Crippen molar-refractivity contribution in [2.45, 2.75) is 19.4 Å². The van der Waals surface area contributed by atoms with Gasteiger partial charge in [0, 0.05) is 35.3 Å². The Hall–Kier alpha value is -2.93. The topological polar surface area (TPSA) is 106 Å². The van der Waals surface area contributed by atoms with Crippen LogP contribution in [0.2, 0.25) is 0 Å². The molecular weight excluding hydrogens is 316 g/mol. The molecule has 3 aromatic heterocycles. The summed E-state index contributed by atoms with van der Waals surface area (Å²) in [6.45, 7) is 0.913. The smallest absolute Gasteiger partial charge is 0.135 e. The Morgan fingerprint density at radius 2 is 2.12 bits per heavy atom. The van der Waals surface area contributed by atoms with E-state index in [4.69, 9.17) is 10.8 Å². The number of aromatic nitrogens is 5. The number of fused-ring (bicyclic) bond motifs is 3. The Bertz CT molecular complexity index is 1080. The minimum atomic E-state index is -0.00613. The highest BCUT2D eigenvalue weighted by Crippen LogP contribution is 2.46. The lowest BCUT2D eigenvalue weighted by Gasteiger charge is -2.10. The van der Waals surface area contributed by atoms with Gasteiger partial charge in [-0.15, -0.1) is 0 Å². The van der Waals surface area contributed by atoms with Crippen molar-refractivity contribution in [2.75, 3.05) is 12.3 Å². The summed E-state index contributed by atoms with van der Waals surface area (Å²) >= 11 is 0. The third-order valence-corrected chi connectivity index (χ3v) is 5.13. The van der Waals surface area contributed by atoms with Crippen molar-refractivity contribution in [3.05, 3.63) is 36.7 Å². The molecule has 0 saturated heterocycles. The van der Waals surface area contributed by atoms with Gasteiger partial charge in [-0.1, -0.05) is 6.07 Å². The number of aromatic amines is 1. The predicted molar refractivity (Wildman–Crippen MR) is 95.8 cm³/mol. The van der Waals surface area contributed by atoms with E-state index in [1.54, 1.807) is 6.20 Å². The third kappa shape index (κ3) is 2.27. The molecule has 5 rings (SSSR count). The van der Waals surface area contributed by atoms with E-state index in [1.807, 2.05) is 35.1 Å². The van der Waals surface area contributed by atoms with Crippen LogP contribution in [0, 0.1) is 5.41 Å². The highest BCUT2D eigenvalue weighted by atomic mass is 16.3. The molecule has 25 heavy (non-hydrogen) atoms. The molecule has 7 nitrogen and oxygen atoms in total. The minimum Gasteiger partial charge on any atom is -0.396 e. The number of H-pyrrole nitrogens is 1. The normalized spacial score (nSPS) is 15.9. The van der Waals surface area contributed by atoms with Crippen LogP contribution in [0.3, 0.4) is 0 Å². The lowest BCUT2D eigenvalue weighted by molar-refractivity contribution is 0.191. The molecule has 0 bridgehead atoms. The summed E-state index contributed by atoms with van der Waals surface area (Å²) in [6.07, 6.45) is 5.75. The largest absolute Gasteiger partial charge is 0.396 e. The second-order valence-electron chi connectivity index (χ2n) is 6.95. The molecule has 0 unspecified atom stereocenters. The molecule has 3 heterocycles. The van der Waals surface area contributed by atoms with Crippen LogP contribution in [0.25, 0.3) is 33.1 Å². The van der Waals surface area contributed by atoms with E-state index in [0.29, 0.717) is 12.4 Å². The SMILES string of the molecule is Nc1nc2cc(-c3ccn[nH]3)ccc2c2nn(CC3(CO)CC3)cc12. The van der Waals surface area contributed by atoms with Crippen molar-refractivity contribution in [3.8, 4) is 11.3 Å². The summed E-state index contributed by atoms with van der Waals surface area (Å²) in [6, 6.07) is 7.97. The molecule has 0 spiro atoms. The number of nitrogens with one attached hydrogen (secondary N) is 1.